The van der Waals surface area contributed by atoms with Gasteiger partial charge in [0.15, 0.2) is 0 Å². The monoisotopic (exact) mass is 243 g/mol. The van der Waals surface area contributed by atoms with Gasteiger partial charge >= 0.3 is 0 Å². The Morgan fingerprint density at radius 2 is 2.06 bits per heavy atom. The molecule has 0 aromatic heterocycles. The number of thioether (sulfide) groups is 1. The van der Waals surface area contributed by atoms with Crippen LogP contribution in [0.4, 0.5) is 0 Å². The maximum Gasteiger partial charge on any atom is 0.0281 e. The van der Waals surface area contributed by atoms with Crippen LogP contribution in [-0.2, 0) is 0 Å². The van der Waals surface area contributed by atoms with Crippen molar-refractivity contribution in [3.63, 3.8) is 0 Å². The summed E-state index contributed by atoms with van der Waals surface area (Å²) >= 11 is 2.07. The molecule has 1 unspecified atom stereocenters. The van der Waals surface area contributed by atoms with Gasteiger partial charge in [0.05, 0.1) is 0 Å². The van der Waals surface area contributed by atoms with E-state index in [2.05, 4.69) is 37.2 Å². The van der Waals surface area contributed by atoms with Crippen molar-refractivity contribution in [2.75, 3.05) is 19.3 Å². The largest absolute Gasteiger partial charge is 0.315 e. The zero-order valence-electron chi connectivity index (χ0n) is 11.3. The van der Waals surface area contributed by atoms with E-state index in [0.29, 0.717) is 4.75 Å². The van der Waals surface area contributed by atoms with E-state index in [9.17, 15) is 0 Å². The lowest BCUT2D eigenvalue weighted by molar-refractivity contribution is 0.327. The first kappa shape index (κ1) is 14.4. The zero-order chi connectivity index (χ0) is 11.9. The van der Waals surface area contributed by atoms with Crippen LogP contribution in [0.5, 0.6) is 0 Å². The Labute approximate surface area is 106 Å². The van der Waals surface area contributed by atoms with Gasteiger partial charge in [-0.2, -0.15) is 11.8 Å². The molecule has 2 heteroatoms. The summed E-state index contributed by atoms with van der Waals surface area (Å²) < 4.78 is 0.600. The van der Waals surface area contributed by atoms with Gasteiger partial charge in [-0.25, -0.2) is 0 Å². The van der Waals surface area contributed by atoms with E-state index in [1.807, 2.05) is 0 Å². The van der Waals surface area contributed by atoms with Gasteiger partial charge in [-0.15, -0.1) is 0 Å². The van der Waals surface area contributed by atoms with Crippen LogP contribution in [0.3, 0.4) is 0 Å². The van der Waals surface area contributed by atoms with E-state index in [1.54, 1.807) is 0 Å². The first-order valence-electron chi connectivity index (χ1n) is 7.02. The summed E-state index contributed by atoms with van der Waals surface area (Å²) in [5.74, 6) is 0.902. The third kappa shape index (κ3) is 4.29. The van der Waals surface area contributed by atoms with Crippen LogP contribution in [0, 0.1) is 5.92 Å². The third-order valence-electron chi connectivity index (χ3n) is 4.12. The lowest BCUT2D eigenvalue weighted by Crippen LogP contribution is -2.44. The molecule has 1 fully saturated rings. The molecule has 1 saturated carbocycles. The highest BCUT2D eigenvalue weighted by Gasteiger charge is 2.35. The maximum atomic E-state index is 3.72. The minimum Gasteiger partial charge on any atom is -0.315 e. The van der Waals surface area contributed by atoms with Crippen molar-refractivity contribution >= 4 is 11.8 Å². The van der Waals surface area contributed by atoms with Crippen LogP contribution >= 0.6 is 11.8 Å². The SMILES string of the molecule is CCCCC(CC)CNCC1(SC)CCC1. The van der Waals surface area contributed by atoms with E-state index >= 15 is 0 Å². The summed E-state index contributed by atoms with van der Waals surface area (Å²) in [5, 5.41) is 3.72. The average molecular weight is 243 g/mol. The molecule has 96 valence electrons. The highest BCUT2D eigenvalue weighted by Crippen LogP contribution is 2.42. The standard InChI is InChI=1S/C14H29NS/c1-4-6-8-13(5-2)11-15-12-14(16-3)9-7-10-14/h13,15H,4-12H2,1-3H3. The number of nitrogens with one attached hydrogen (secondary N) is 1. The minimum absolute atomic E-state index is 0.600. The van der Waals surface area contributed by atoms with Gasteiger partial charge in [0.25, 0.3) is 0 Å². The van der Waals surface area contributed by atoms with Crippen LogP contribution in [0.1, 0.15) is 58.8 Å². The van der Waals surface area contributed by atoms with Gasteiger partial charge in [-0.05, 0) is 38.0 Å². The Balaban J connectivity index is 2.12. The Hall–Kier alpha value is 0.310. The van der Waals surface area contributed by atoms with Gasteiger partial charge in [-0.1, -0.05) is 39.5 Å². The molecule has 1 atom stereocenters. The minimum atomic E-state index is 0.600. The summed E-state index contributed by atoms with van der Waals surface area (Å²) in [5.41, 5.74) is 0. The van der Waals surface area contributed by atoms with Crippen molar-refractivity contribution in [1.82, 2.24) is 5.32 Å². The summed E-state index contributed by atoms with van der Waals surface area (Å²) in [6.45, 7) is 7.09. The van der Waals surface area contributed by atoms with Crippen LogP contribution in [-0.4, -0.2) is 24.1 Å². The van der Waals surface area contributed by atoms with E-state index in [4.69, 9.17) is 0 Å². The molecule has 0 aromatic rings. The number of rotatable bonds is 9. The zero-order valence-corrected chi connectivity index (χ0v) is 12.2. The van der Waals surface area contributed by atoms with Crippen molar-refractivity contribution in [3.8, 4) is 0 Å². The summed E-state index contributed by atoms with van der Waals surface area (Å²) in [6.07, 6.45) is 12.0. The highest BCUT2D eigenvalue weighted by atomic mass is 32.2. The van der Waals surface area contributed by atoms with E-state index in [-0.39, 0.29) is 0 Å². The van der Waals surface area contributed by atoms with E-state index in [1.165, 1.54) is 58.0 Å². The van der Waals surface area contributed by atoms with Crippen molar-refractivity contribution in [3.05, 3.63) is 0 Å². The molecule has 0 bridgehead atoms. The van der Waals surface area contributed by atoms with Gasteiger partial charge in [-0.3, -0.25) is 0 Å². The van der Waals surface area contributed by atoms with Gasteiger partial charge < -0.3 is 5.32 Å². The molecule has 16 heavy (non-hydrogen) atoms. The molecule has 0 aromatic carbocycles. The fourth-order valence-electron chi connectivity index (χ4n) is 2.47. The summed E-state index contributed by atoms with van der Waals surface area (Å²) in [4.78, 5) is 0. The van der Waals surface area contributed by atoms with Crippen molar-refractivity contribution < 1.29 is 0 Å². The highest BCUT2D eigenvalue weighted by molar-refractivity contribution is 8.00. The molecule has 1 nitrogen and oxygen atoms in total. The summed E-state index contributed by atoms with van der Waals surface area (Å²) in [7, 11) is 0. The molecular formula is C14H29NS. The van der Waals surface area contributed by atoms with Crippen LogP contribution < -0.4 is 5.32 Å². The Morgan fingerprint density at radius 1 is 1.31 bits per heavy atom. The molecule has 1 aliphatic rings. The van der Waals surface area contributed by atoms with Crippen LogP contribution in [0.25, 0.3) is 0 Å². The first-order chi connectivity index (χ1) is 7.76. The average Bonchev–Trinajstić information content (AvgIpc) is 2.26. The predicted molar refractivity (Wildman–Crippen MR) is 76.3 cm³/mol. The molecule has 1 aliphatic carbocycles. The molecular weight excluding hydrogens is 214 g/mol. The normalized spacial score (nSPS) is 20.4. The Kier molecular flexibility index (Phi) is 6.83. The fourth-order valence-corrected chi connectivity index (χ4v) is 3.41. The molecule has 1 rings (SSSR count). The smallest absolute Gasteiger partial charge is 0.0281 e. The predicted octanol–water partition coefficient (Wildman–Crippen LogP) is 4.08. The van der Waals surface area contributed by atoms with Gasteiger partial charge in [0.1, 0.15) is 0 Å². The second kappa shape index (κ2) is 7.60. The molecule has 0 radical (unpaired) electrons. The van der Waals surface area contributed by atoms with E-state index < -0.39 is 0 Å². The molecule has 0 aliphatic heterocycles. The topological polar surface area (TPSA) is 12.0 Å². The molecule has 0 spiro atoms. The lowest BCUT2D eigenvalue weighted by Gasteiger charge is -2.41. The van der Waals surface area contributed by atoms with Gasteiger partial charge in [0, 0.05) is 11.3 Å². The quantitative estimate of drug-likeness (QED) is 0.655. The van der Waals surface area contributed by atoms with Crippen LogP contribution in [0.2, 0.25) is 0 Å². The third-order valence-corrected chi connectivity index (χ3v) is 5.54. The Morgan fingerprint density at radius 3 is 2.50 bits per heavy atom. The van der Waals surface area contributed by atoms with Crippen LogP contribution in [0.15, 0.2) is 0 Å². The second-order valence-electron chi connectivity index (χ2n) is 5.29. The molecule has 1 N–H and O–H groups in total. The Bertz CT molecular complexity index is 172. The molecule has 0 saturated heterocycles. The number of unbranched alkanes of at least 4 members (excludes halogenated alkanes) is 1. The van der Waals surface area contributed by atoms with E-state index in [0.717, 1.165) is 5.92 Å². The first-order valence-corrected chi connectivity index (χ1v) is 8.24. The second-order valence-corrected chi connectivity index (χ2v) is 6.56. The molecule has 0 heterocycles. The van der Waals surface area contributed by atoms with Crippen molar-refractivity contribution in [2.24, 2.45) is 5.92 Å². The molecule has 0 amide bonds. The lowest BCUT2D eigenvalue weighted by atomic mass is 9.84. The summed E-state index contributed by atoms with van der Waals surface area (Å²) in [6, 6.07) is 0. The fraction of sp³-hybridized carbons (Fsp3) is 1.00. The van der Waals surface area contributed by atoms with Crippen molar-refractivity contribution in [1.29, 1.82) is 0 Å². The maximum absolute atomic E-state index is 3.72. The van der Waals surface area contributed by atoms with Gasteiger partial charge in [0.2, 0.25) is 0 Å². The van der Waals surface area contributed by atoms with Crippen molar-refractivity contribution in [2.45, 2.75) is 63.5 Å². The number of hydrogen-bond donors (Lipinski definition) is 1. The number of hydrogen-bond acceptors (Lipinski definition) is 2.